The van der Waals surface area contributed by atoms with Crippen LogP contribution in [-0.4, -0.2) is 28.9 Å². The number of amides is 1. The van der Waals surface area contributed by atoms with E-state index in [4.69, 9.17) is 11.6 Å². The van der Waals surface area contributed by atoms with E-state index in [-0.39, 0.29) is 11.9 Å². The summed E-state index contributed by atoms with van der Waals surface area (Å²) in [5.41, 5.74) is 2.03. The van der Waals surface area contributed by atoms with Crippen molar-refractivity contribution in [3.05, 3.63) is 70.7 Å². The molecule has 26 heavy (non-hydrogen) atoms. The fourth-order valence-electron chi connectivity index (χ4n) is 4.55. The lowest BCUT2D eigenvalue weighted by atomic mass is 9.81. The molecule has 1 amide bonds. The first kappa shape index (κ1) is 17.6. The van der Waals surface area contributed by atoms with E-state index in [0.29, 0.717) is 22.7 Å². The van der Waals surface area contributed by atoms with Gasteiger partial charge in [-0.25, -0.2) is 0 Å². The Kier molecular flexibility index (Phi) is 5.28. The Hall–Kier alpha value is -1.84. The van der Waals surface area contributed by atoms with E-state index in [9.17, 15) is 4.79 Å². The molecule has 1 unspecified atom stereocenters. The number of carbonyl (C=O) groups is 1. The Morgan fingerprint density at radius 1 is 1.04 bits per heavy atom. The number of rotatable bonds is 4. The molecule has 4 rings (SSSR count). The van der Waals surface area contributed by atoms with Crippen LogP contribution < -0.4 is 5.32 Å². The second-order valence-corrected chi connectivity index (χ2v) is 7.99. The van der Waals surface area contributed by atoms with Crippen molar-refractivity contribution in [2.45, 2.75) is 56.8 Å². The molecule has 2 aromatic rings. The smallest absolute Gasteiger partial charge is 0.251 e. The Balaban J connectivity index is 1.42. The minimum absolute atomic E-state index is 0.00733. The van der Waals surface area contributed by atoms with Gasteiger partial charge in [0.2, 0.25) is 0 Å². The zero-order valence-electron chi connectivity index (χ0n) is 14.9. The van der Waals surface area contributed by atoms with Gasteiger partial charge >= 0.3 is 0 Å². The maximum atomic E-state index is 12.6. The monoisotopic (exact) mass is 368 g/mol. The van der Waals surface area contributed by atoms with Crippen LogP contribution in [0.1, 0.15) is 48.0 Å². The number of nitrogens with one attached hydrogen (secondary N) is 1. The van der Waals surface area contributed by atoms with Gasteiger partial charge in [0.15, 0.2) is 0 Å². The fourth-order valence-corrected chi connectivity index (χ4v) is 4.74. The van der Waals surface area contributed by atoms with Crippen molar-refractivity contribution in [1.82, 2.24) is 10.2 Å². The van der Waals surface area contributed by atoms with Gasteiger partial charge in [0.25, 0.3) is 5.91 Å². The topological polar surface area (TPSA) is 32.3 Å². The first-order valence-corrected chi connectivity index (χ1v) is 9.93. The molecule has 2 aliphatic rings. The minimum atomic E-state index is -0.00733. The predicted molar refractivity (Wildman–Crippen MR) is 105 cm³/mol. The summed E-state index contributed by atoms with van der Waals surface area (Å²) < 4.78 is 0. The average Bonchev–Trinajstić information content (AvgIpc) is 2.63. The molecule has 2 aromatic carbocycles. The van der Waals surface area contributed by atoms with Crippen molar-refractivity contribution < 1.29 is 4.79 Å². The van der Waals surface area contributed by atoms with Gasteiger partial charge in [-0.3, -0.25) is 9.69 Å². The molecule has 0 saturated carbocycles. The van der Waals surface area contributed by atoms with Crippen LogP contribution in [0.4, 0.5) is 0 Å². The van der Waals surface area contributed by atoms with Crippen LogP contribution >= 0.6 is 11.6 Å². The van der Waals surface area contributed by atoms with Gasteiger partial charge in [0, 0.05) is 35.3 Å². The summed E-state index contributed by atoms with van der Waals surface area (Å²) in [7, 11) is 0. The van der Waals surface area contributed by atoms with Gasteiger partial charge in [-0.1, -0.05) is 54.4 Å². The lowest BCUT2D eigenvalue weighted by molar-refractivity contribution is 0.0177. The molecule has 2 aliphatic heterocycles. The lowest BCUT2D eigenvalue weighted by Gasteiger charge is -2.49. The van der Waals surface area contributed by atoms with Crippen LogP contribution in [0.2, 0.25) is 5.02 Å². The summed E-state index contributed by atoms with van der Waals surface area (Å²) >= 11 is 6.02. The lowest BCUT2D eigenvalue weighted by Crippen LogP contribution is -2.56. The van der Waals surface area contributed by atoms with Gasteiger partial charge in [-0.05, 0) is 49.4 Å². The number of piperidine rings is 2. The van der Waals surface area contributed by atoms with Crippen LogP contribution in [0, 0.1) is 0 Å². The van der Waals surface area contributed by atoms with Crippen molar-refractivity contribution in [2.24, 2.45) is 0 Å². The highest BCUT2D eigenvalue weighted by molar-refractivity contribution is 6.30. The number of hydrogen-bond acceptors (Lipinski definition) is 2. The van der Waals surface area contributed by atoms with Crippen LogP contribution in [0.3, 0.4) is 0 Å². The van der Waals surface area contributed by atoms with Crippen molar-refractivity contribution in [3.63, 3.8) is 0 Å². The predicted octanol–water partition coefficient (Wildman–Crippen LogP) is 4.66. The van der Waals surface area contributed by atoms with Gasteiger partial charge in [0.1, 0.15) is 0 Å². The van der Waals surface area contributed by atoms with Crippen molar-refractivity contribution >= 4 is 17.5 Å². The quantitative estimate of drug-likeness (QED) is 0.851. The maximum absolute atomic E-state index is 12.6. The van der Waals surface area contributed by atoms with E-state index < -0.39 is 0 Å². The van der Waals surface area contributed by atoms with Crippen LogP contribution in [0.25, 0.3) is 0 Å². The summed E-state index contributed by atoms with van der Waals surface area (Å²) in [4.78, 5) is 15.2. The highest BCUT2D eigenvalue weighted by atomic mass is 35.5. The average molecular weight is 369 g/mol. The minimum Gasteiger partial charge on any atom is -0.349 e. The highest BCUT2D eigenvalue weighted by Crippen LogP contribution is 2.35. The Morgan fingerprint density at radius 2 is 1.77 bits per heavy atom. The third-order valence-corrected chi connectivity index (χ3v) is 5.99. The second kappa shape index (κ2) is 7.81. The molecule has 1 N–H and O–H groups in total. The molecule has 0 radical (unpaired) electrons. The number of fused-ring (bicyclic) bond motifs is 2. The van der Waals surface area contributed by atoms with E-state index >= 15 is 0 Å². The van der Waals surface area contributed by atoms with Crippen LogP contribution in [-0.2, 0) is 6.54 Å². The molecule has 0 spiro atoms. The molecule has 136 valence electrons. The van der Waals surface area contributed by atoms with E-state index in [0.717, 1.165) is 19.4 Å². The van der Waals surface area contributed by atoms with E-state index in [1.165, 1.54) is 24.8 Å². The number of hydrogen-bond donors (Lipinski definition) is 1. The van der Waals surface area contributed by atoms with Gasteiger partial charge < -0.3 is 5.32 Å². The van der Waals surface area contributed by atoms with Gasteiger partial charge in [0.05, 0.1) is 0 Å². The van der Waals surface area contributed by atoms with Crippen LogP contribution in [0.15, 0.2) is 54.6 Å². The molecule has 3 atom stereocenters. The highest BCUT2D eigenvalue weighted by Gasteiger charge is 2.38. The molecule has 3 nitrogen and oxygen atoms in total. The SMILES string of the molecule is O=C(NC1C[C@H]2CCC[C@@H](C1)N2Cc1ccccc1)c1cccc(Cl)c1. The molecule has 2 bridgehead atoms. The normalized spacial score (nSPS) is 25.7. The first-order chi connectivity index (χ1) is 12.7. The molecule has 4 heteroatoms. The molecular formula is C22H25ClN2O. The van der Waals surface area contributed by atoms with E-state index in [2.05, 4.69) is 40.5 Å². The maximum Gasteiger partial charge on any atom is 0.251 e. The second-order valence-electron chi connectivity index (χ2n) is 7.55. The Bertz CT molecular complexity index is 750. The standard InChI is InChI=1S/C22H25ClN2O/c23-18-9-4-8-17(12-18)22(26)24-19-13-20-10-5-11-21(14-19)25(20)15-16-6-2-1-3-7-16/h1-4,6-9,12,19-21H,5,10-11,13-15H2,(H,24,26)/t19?,20-,21+. The Labute approximate surface area is 160 Å². The molecular weight excluding hydrogens is 344 g/mol. The van der Waals surface area contributed by atoms with E-state index in [1.807, 2.05) is 12.1 Å². The number of carbonyl (C=O) groups excluding carboxylic acids is 1. The van der Waals surface area contributed by atoms with Crippen molar-refractivity contribution in [1.29, 1.82) is 0 Å². The molecule has 2 saturated heterocycles. The molecule has 0 aromatic heterocycles. The van der Waals surface area contributed by atoms with Gasteiger partial charge in [-0.15, -0.1) is 0 Å². The zero-order chi connectivity index (χ0) is 17.9. The Morgan fingerprint density at radius 3 is 2.46 bits per heavy atom. The number of nitrogens with zero attached hydrogens (tertiary/aromatic N) is 1. The van der Waals surface area contributed by atoms with Crippen molar-refractivity contribution in [2.75, 3.05) is 0 Å². The summed E-state index contributed by atoms with van der Waals surface area (Å²) in [5.74, 6) is -0.00733. The summed E-state index contributed by atoms with van der Waals surface area (Å²) in [6, 6.07) is 19.3. The zero-order valence-corrected chi connectivity index (χ0v) is 15.7. The summed E-state index contributed by atoms with van der Waals surface area (Å²) in [6.07, 6.45) is 5.83. The fraction of sp³-hybridized carbons (Fsp3) is 0.409. The third kappa shape index (κ3) is 3.94. The number of halogens is 1. The van der Waals surface area contributed by atoms with Gasteiger partial charge in [-0.2, -0.15) is 0 Å². The molecule has 2 heterocycles. The largest absolute Gasteiger partial charge is 0.349 e. The number of benzene rings is 2. The first-order valence-electron chi connectivity index (χ1n) is 9.55. The molecule has 2 fully saturated rings. The third-order valence-electron chi connectivity index (χ3n) is 5.76. The molecule has 0 aliphatic carbocycles. The van der Waals surface area contributed by atoms with E-state index in [1.54, 1.807) is 12.1 Å². The van der Waals surface area contributed by atoms with Crippen molar-refractivity contribution in [3.8, 4) is 0 Å². The van der Waals surface area contributed by atoms with Crippen LogP contribution in [0.5, 0.6) is 0 Å². The summed E-state index contributed by atoms with van der Waals surface area (Å²) in [5, 5.41) is 3.86. The summed E-state index contributed by atoms with van der Waals surface area (Å²) in [6.45, 7) is 1.02.